The Morgan fingerprint density at radius 3 is 2.51 bits per heavy atom. The van der Waals surface area contributed by atoms with Gasteiger partial charge in [-0.3, -0.25) is 9.78 Å². The third kappa shape index (κ3) is 4.62. The molecule has 1 aliphatic rings. The molecule has 8 heteroatoms. The maximum atomic E-state index is 16.3. The largest absolute Gasteiger partial charge is 0.493 e. The van der Waals surface area contributed by atoms with E-state index in [0.29, 0.717) is 51.9 Å². The zero-order chi connectivity index (χ0) is 29.1. The van der Waals surface area contributed by atoms with Crippen molar-refractivity contribution < 1.29 is 23.0 Å². The summed E-state index contributed by atoms with van der Waals surface area (Å²) >= 11 is 0. The number of carbonyl (C=O) groups excluding carboxylic acids is 1. The van der Waals surface area contributed by atoms with Gasteiger partial charge in [0.2, 0.25) is 0 Å². The number of hydrogen-bond acceptors (Lipinski definition) is 6. The van der Waals surface area contributed by atoms with Crippen LogP contribution < -0.4 is 4.74 Å². The summed E-state index contributed by atoms with van der Waals surface area (Å²) in [5.74, 6) is -1.02. The van der Waals surface area contributed by atoms with Gasteiger partial charge in [0, 0.05) is 46.9 Å². The van der Waals surface area contributed by atoms with Crippen molar-refractivity contribution in [3.63, 3.8) is 0 Å². The lowest BCUT2D eigenvalue weighted by Crippen LogP contribution is -2.27. The number of rotatable bonds is 5. The van der Waals surface area contributed by atoms with Crippen molar-refractivity contribution >= 4 is 27.5 Å². The van der Waals surface area contributed by atoms with Crippen LogP contribution in [0.25, 0.3) is 43.9 Å². The summed E-state index contributed by atoms with van der Waals surface area (Å²) in [7, 11) is 0. The van der Waals surface area contributed by atoms with E-state index in [2.05, 4.69) is 9.97 Å². The molecule has 6 nitrogen and oxygen atoms in total. The monoisotopic (exact) mass is 553 g/mol. The molecule has 0 saturated heterocycles. The number of carbonyl (C=O) groups is 1. The second-order valence-corrected chi connectivity index (χ2v) is 11.4. The summed E-state index contributed by atoms with van der Waals surface area (Å²) in [5.41, 5.74) is 3.37. The molecule has 2 aromatic heterocycles. The number of pyridine rings is 1. The van der Waals surface area contributed by atoms with E-state index in [0.717, 1.165) is 10.9 Å². The second kappa shape index (κ2) is 9.96. The number of benzene rings is 3. The topological polar surface area (TPSA) is 74.2 Å². The molecule has 0 N–H and O–H groups in total. The highest BCUT2D eigenvalue weighted by Gasteiger charge is 2.32. The average Bonchev–Trinajstić information content (AvgIpc) is 2.93. The van der Waals surface area contributed by atoms with Crippen LogP contribution in [0, 0.1) is 18.6 Å². The lowest BCUT2D eigenvalue weighted by Gasteiger charge is -2.30. The maximum Gasteiger partial charge on any atom is 0.163 e. The summed E-state index contributed by atoms with van der Waals surface area (Å²) in [6.07, 6.45) is 5.52. The molecule has 0 aliphatic carbocycles. The number of ether oxygens (including phenoxy) is 2. The number of fused-ring (bicyclic) bond motifs is 1. The highest BCUT2D eigenvalue weighted by molar-refractivity contribution is 6.10. The minimum absolute atomic E-state index is 0.205. The summed E-state index contributed by atoms with van der Waals surface area (Å²) in [6, 6.07) is 8.64. The van der Waals surface area contributed by atoms with Gasteiger partial charge >= 0.3 is 0 Å². The van der Waals surface area contributed by atoms with Crippen molar-refractivity contribution in [1.82, 2.24) is 15.0 Å². The van der Waals surface area contributed by atoms with Gasteiger partial charge < -0.3 is 9.47 Å². The number of ketones is 1. The molecular formula is C33H29F2N3O3. The van der Waals surface area contributed by atoms with E-state index in [1.165, 1.54) is 31.7 Å². The Morgan fingerprint density at radius 2 is 1.80 bits per heavy atom. The molecule has 0 bridgehead atoms. The molecule has 0 spiro atoms. The lowest BCUT2D eigenvalue weighted by molar-refractivity contribution is -0.138. The normalized spacial score (nSPS) is 13.8. The van der Waals surface area contributed by atoms with Gasteiger partial charge in [-0.1, -0.05) is 0 Å². The Labute approximate surface area is 236 Å². The predicted octanol–water partition coefficient (Wildman–Crippen LogP) is 7.48. The number of halogens is 2. The summed E-state index contributed by atoms with van der Waals surface area (Å²) < 4.78 is 44.5. The Bertz CT molecular complexity index is 1840. The summed E-state index contributed by atoms with van der Waals surface area (Å²) in [4.78, 5) is 25.8. The Balaban J connectivity index is 1.77. The zero-order valence-corrected chi connectivity index (χ0v) is 23.5. The van der Waals surface area contributed by atoms with Crippen molar-refractivity contribution in [2.45, 2.75) is 52.7 Å². The summed E-state index contributed by atoms with van der Waals surface area (Å²) in [6.45, 7) is 9.44. The van der Waals surface area contributed by atoms with Crippen LogP contribution in [0.5, 0.6) is 5.75 Å². The summed E-state index contributed by atoms with van der Waals surface area (Å²) in [5, 5.41) is 1.37. The highest BCUT2D eigenvalue weighted by atomic mass is 19.1. The van der Waals surface area contributed by atoms with Crippen molar-refractivity contribution in [2.24, 2.45) is 0 Å². The Kier molecular flexibility index (Phi) is 6.53. The van der Waals surface area contributed by atoms with Crippen LogP contribution in [0.15, 0.2) is 55.2 Å². The van der Waals surface area contributed by atoms with E-state index in [1.807, 2.05) is 45.9 Å². The fourth-order valence-corrected chi connectivity index (χ4v) is 5.74. The number of aromatic nitrogens is 3. The Morgan fingerprint density at radius 1 is 1.05 bits per heavy atom. The smallest absolute Gasteiger partial charge is 0.163 e. The standard InChI is InChI=1S/C33H29F2N3O3/c1-17-12-23-22(13-24(34)27(30(23)35)20-14-36-16-37-15-20)29(26(17)32(18(2)39)41-33(3,4)5)21-6-7-25-28-19(9-11-40-25)8-10-38-31(21)28/h6-8,10,12-16,32H,9,11H2,1-5H3/t32-/m1/s1. The van der Waals surface area contributed by atoms with E-state index < -0.39 is 23.3 Å². The molecule has 41 heavy (non-hydrogen) atoms. The number of aryl methyl sites for hydroxylation is 1. The Hall–Kier alpha value is -4.30. The molecule has 1 aliphatic heterocycles. The number of Topliss-reactive ketones (excluding diaryl/α,β-unsaturated/α-hetero) is 1. The third-order valence-electron chi connectivity index (χ3n) is 7.37. The third-order valence-corrected chi connectivity index (χ3v) is 7.37. The van der Waals surface area contributed by atoms with E-state index in [-0.39, 0.29) is 22.3 Å². The molecule has 3 aromatic carbocycles. The van der Waals surface area contributed by atoms with E-state index >= 15 is 8.78 Å². The van der Waals surface area contributed by atoms with Gasteiger partial charge in [0.15, 0.2) is 5.78 Å². The molecule has 1 atom stereocenters. The van der Waals surface area contributed by atoms with Crippen LogP contribution in [0.1, 0.15) is 50.5 Å². The fourth-order valence-electron chi connectivity index (χ4n) is 5.74. The van der Waals surface area contributed by atoms with Gasteiger partial charge in [-0.25, -0.2) is 18.7 Å². The molecule has 3 heterocycles. The molecule has 0 unspecified atom stereocenters. The minimum Gasteiger partial charge on any atom is -0.493 e. The first-order chi connectivity index (χ1) is 19.5. The van der Waals surface area contributed by atoms with Gasteiger partial charge in [0.1, 0.15) is 29.8 Å². The first-order valence-electron chi connectivity index (χ1n) is 13.5. The average molecular weight is 554 g/mol. The van der Waals surface area contributed by atoms with Crippen LogP contribution in [0.4, 0.5) is 8.78 Å². The number of nitrogens with zero attached hydrogens (tertiary/aromatic N) is 3. The van der Waals surface area contributed by atoms with Gasteiger partial charge in [0.05, 0.1) is 23.3 Å². The highest BCUT2D eigenvalue weighted by Crippen LogP contribution is 2.46. The molecule has 0 amide bonds. The van der Waals surface area contributed by atoms with Crippen molar-refractivity contribution in [1.29, 1.82) is 0 Å². The lowest BCUT2D eigenvalue weighted by atomic mass is 9.84. The molecule has 208 valence electrons. The minimum atomic E-state index is -0.982. The van der Waals surface area contributed by atoms with Crippen LogP contribution in [-0.2, 0) is 16.0 Å². The maximum absolute atomic E-state index is 16.3. The van der Waals surface area contributed by atoms with Gasteiger partial charge in [-0.05, 0) is 92.6 Å². The van der Waals surface area contributed by atoms with Crippen molar-refractivity contribution in [3.05, 3.63) is 83.6 Å². The molecule has 0 fully saturated rings. The molecule has 5 aromatic rings. The molecular weight excluding hydrogens is 524 g/mol. The van der Waals surface area contributed by atoms with Crippen LogP contribution in [-0.4, -0.2) is 32.9 Å². The zero-order valence-electron chi connectivity index (χ0n) is 23.5. The van der Waals surface area contributed by atoms with Crippen LogP contribution in [0.2, 0.25) is 0 Å². The van der Waals surface area contributed by atoms with Gasteiger partial charge in [-0.2, -0.15) is 0 Å². The quantitative estimate of drug-likeness (QED) is 0.225. The van der Waals surface area contributed by atoms with Crippen molar-refractivity contribution in [2.75, 3.05) is 6.61 Å². The van der Waals surface area contributed by atoms with Crippen molar-refractivity contribution in [3.8, 4) is 28.0 Å². The second-order valence-electron chi connectivity index (χ2n) is 11.4. The number of hydrogen-bond donors (Lipinski definition) is 0. The van der Waals surface area contributed by atoms with E-state index in [1.54, 1.807) is 12.3 Å². The van der Waals surface area contributed by atoms with Gasteiger partial charge in [-0.15, -0.1) is 0 Å². The molecule has 0 radical (unpaired) electrons. The van der Waals surface area contributed by atoms with Crippen LogP contribution in [0.3, 0.4) is 0 Å². The SMILES string of the molecule is CC(=O)[C@@H](OC(C)(C)C)c1c(C)cc2c(F)c(-c3cncnc3)c(F)cc2c1-c1ccc2c3c(ccnc13)CCO2. The van der Waals surface area contributed by atoms with E-state index in [9.17, 15) is 4.79 Å². The molecule has 6 rings (SSSR count). The van der Waals surface area contributed by atoms with E-state index in [4.69, 9.17) is 14.5 Å². The van der Waals surface area contributed by atoms with Gasteiger partial charge in [0.25, 0.3) is 0 Å². The fraction of sp³-hybridized carbons (Fsp3) is 0.273. The first kappa shape index (κ1) is 26.9. The molecule has 0 saturated carbocycles. The predicted molar refractivity (Wildman–Crippen MR) is 154 cm³/mol. The van der Waals surface area contributed by atoms with Crippen LogP contribution >= 0.6 is 0 Å². The first-order valence-corrected chi connectivity index (χ1v) is 13.5.